The first-order valence-corrected chi connectivity index (χ1v) is 13.7. The van der Waals surface area contributed by atoms with Crippen LogP contribution in [0.4, 0.5) is 0 Å². The number of hydrogen-bond acceptors (Lipinski definition) is 8. The molecule has 0 spiro atoms. The van der Waals surface area contributed by atoms with Crippen LogP contribution in [-0.4, -0.2) is 46.4 Å². The summed E-state index contributed by atoms with van der Waals surface area (Å²) >= 11 is 0. The number of benzene rings is 4. The van der Waals surface area contributed by atoms with E-state index in [2.05, 4.69) is 5.32 Å². The first-order chi connectivity index (χ1) is 20.6. The van der Waals surface area contributed by atoms with Gasteiger partial charge in [0.15, 0.2) is 29.3 Å². The lowest BCUT2D eigenvalue weighted by atomic mass is 9.95. The molecule has 0 fully saturated rings. The number of rotatable bonds is 16. The quantitative estimate of drug-likeness (QED) is 0.162. The highest BCUT2D eigenvalue weighted by Crippen LogP contribution is 2.38. The zero-order chi connectivity index (χ0) is 29.7. The average molecular weight is 574 g/mol. The molecule has 0 aliphatic heterocycles. The van der Waals surface area contributed by atoms with Crippen LogP contribution in [0.15, 0.2) is 97.1 Å². The molecule has 0 aromatic heterocycles. The van der Waals surface area contributed by atoms with E-state index in [1.165, 1.54) is 0 Å². The van der Waals surface area contributed by atoms with Crippen LogP contribution in [0.5, 0.6) is 23.0 Å². The maximum atomic E-state index is 11.8. The van der Waals surface area contributed by atoms with Crippen LogP contribution >= 0.6 is 0 Å². The van der Waals surface area contributed by atoms with Crippen molar-refractivity contribution in [2.75, 3.05) is 35.0 Å². The van der Waals surface area contributed by atoms with E-state index in [0.29, 0.717) is 48.3 Å². The Balaban J connectivity index is 1.63. The molecule has 4 rings (SSSR count). The number of nitrogens with one attached hydrogen (secondary N) is 1. The molecule has 2 atom stereocenters. The molecule has 8 heteroatoms. The minimum absolute atomic E-state index is 0.328. The van der Waals surface area contributed by atoms with Crippen molar-refractivity contribution in [3.8, 4) is 23.0 Å². The molecule has 0 saturated carbocycles. The highest BCUT2D eigenvalue weighted by atomic mass is 16.7. The molecule has 0 heterocycles. The van der Waals surface area contributed by atoms with Gasteiger partial charge in [0, 0.05) is 20.8 Å². The Bertz CT molecular complexity index is 1360. The summed E-state index contributed by atoms with van der Waals surface area (Å²) in [4.78, 5) is 0. The third-order valence-electron chi connectivity index (χ3n) is 6.90. The van der Waals surface area contributed by atoms with Gasteiger partial charge in [0.1, 0.15) is 13.2 Å². The fourth-order valence-electron chi connectivity index (χ4n) is 4.55. The van der Waals surface area contributed by atoms with E-state index in [-0.39, 0.29) is 0 Å². The number of aliphatic hydroxyl groups excluding tert-OH is 1. The predicted octanol–water partition coefficient (Wildman–Crippen LogP) is 5.85. The van der Waals surface area contributed by atoms with Gasteiger partial charge in [-0.3, -0.25) is 0 Å². The molecular formula is C34H39NO7. The molecule has 0 radical (unpaired) electrons. The van der Waals surface area contributed by atoms with E-state index >= 15 is 0 Å². The zero-order valence-corrected chi connectivity index (χ0v) is 24.5. The van der Waals surface area contributed by atoms with Crippen molar-refractivity contribution in [2.45, 2.75) is 31.6 Å². The Morgan fingerprint density at radius 3 is 1.55 bits per heavy atom. The summed E-state index contributed by atoms with van der Waals surface area (Å²) < 4.78 is 34.2. The van der Waals surface area contributed by atoms with Crippen molar-refractivity contribution < 1.29 is 33.5 Å². The summed E-state index contributed by atoms with van der Waals surface area (Å²) in [5.74, 6) is 2.27. The SMILES string of the molecule is COc1ccc([C@@H](NCC(OC)OC)[C@@H](O)c2ccc(OC)c(OCc3ccccc3)c2)cc1OCc1ccccc1. The second kappa shape index (κ2) is 15.8. The molecule has 4 aromatic carbocycles. The van der Waals surface area contributed by atoms with Gasteiger partial charge in [-0.1, -0.05) is 72.8 Å². The van der Waals surface area contributed by atoms with Crippen LogP contribution in [0.25, 0.3) is 0 Å². The zero-order valence-electron chi connectivity index (χ0n) is 24.5. The maximum absolute atomic E-state index is 11.8. The highest BCUT2D eigenvalue weighted by molar-refractivity contribution is 5.47. The van der Waals surface area contributed by atoms with Gasteiger partial charge >= 0.3 is 0 Å². The average Bonchev–Trinajstić information content (AvgIpc) is 3.05. The van der Waals surface area contributed by atoms with Crippen molar-refractivity contribution in [1.82, 2.24) is 5.32 Å². The van der Waals surface area contributed by atoms with Gasteiger partial charge in [-0.2, -0.15) is 0 Å². The van der Waals surface area contributed by atoms with Gasteiger partial charge in [0.2, 0.25) is 0 Å². The van der Waals surface area contributed by atoms with E-state index in [0.717, 1.165) is 16.7 Å². The van der Waals surface area contributed by atoms with E-state index in [1.807, 2.05) is 91.0 Å². The topological polar surface area (TPSA) is 87.6 Å². The van der Waals surface area contributed by atoms with Crippen molar-refractivity contribution in [2.24, 2.45) is 0 Å². The summed E-state index contributed by atoms with van der Waals surface area (Å²) in [5.41, 5.74) is 3.49. The normalized spacial score (nSPS) is 12.5. The molecular weight excluding hydrogens is 534 g/mol. The van der Waals surface area contributed by atoms with E-state index < -0.39 is 18.4 Å². The molecule has 2 N–H and O–H groups in total. The van der Waals surface area contributed by atoms with E-state index in [1.54, 1.807) is 34.5 Å². The minimum atomic E-state index is -0.972. The summed E-state index contributed by atoms with van der Waals surface area (Å²) in [6.07, 6.45) is -1.48. The second-order valence-electron chi connectivity index (χ2n) is 9.60. The van der Waals surface area contributed by atoms with Gasteiger partial charge in [-0.05, 0) is 46.5 Å². The van der Waals surface area contributed by atoms with E-state index in [4.69, 9.17) is 28.4 Å². The van der Waals surface area contributed by atoms with Crippen LogP contribution in [-0.2, 0) is 22.7 Å². The third kappa shape index (κ3) is 8.24. The molecule has 0 bridgehead atoms. The van der Waals surface area contributed by atoms with Crippen LogP contribution in [0.2, 0.25) is 0 Å². The van der Waals surface area contributed by atoms with Gasteiger partial charge < -0.3 is 38.8 Å². The minimum Gasteiger partial charge on any atom is -0.493 e. The molecule has 0 aliphatic rings. The summed E-state index contributed by atoms with van der Waals surface area (Å²) in [6.45, 7) is 1.06. The molecule has 0 unspecified atom stereocenters. The molecule has 4 aromatic rings. The lowest BCUT2D eigenvalue weighted by Gasteiger charge is -2.28. The fourth-order valence-corrected chi connectivity index (χ4v) is 4.55. The monoisotopic (exact) mass is 573 g/mol. The van der Waals surface area contributed by atoms with Crippen molar-refractivity contribution in [3.05, 3.63) is 119 Å². The fraction of sp³-hybridized carbons (Fsp3) is 0.294. The number of methoxy groups -OCH3 is 4. The highest BCUT2D eigenvalue weighted by Gasteiger charge is 2.26. The second-order valence-corrected chi connectivity index (χ2v) is 9.60. The van der Waals surface area contributed by atoms with Crippen molar-refractivity contribution >= 4 is 0 Å². The predicted molar refractivity (Wildman–Crippen MR) is 161 cm³/mol. The van der Waals surface area contributed by atoms with Gasteiger partial charge in [0.05, 0.1) is 26.4 Å². The van der Waals surface area contributed by atoms with E-state index in [9.17, 15) is 5.11 Å². The maximum Gasteiger partial charge on any atom is 0.169 e. The molecule has 0 aliphatic carbocycles. The first-order valence-electron chi connectivity index (χ1n) is 13.7. The van der Waals surface area contributed by atoms with Crippen LogP contribution in [0, 0.1) is 0 Å². The van der Waals surface area contributed by atoms with Crippen molar-refractivity contribution in [1.29, 1.82) is 0 Å². The number of aliphatic hydroxyl groups is 1. The molecule has 8 nitrogen and oxygen atoms in total. The Morgan fingerprint density at radius 2 is 1.07 bits per heavy atom. The standard InChI is InChI=1S/C34H39NO7/c1-37-28-17-15-26(19-30(28)41-22-24-11-7-5-8-12-24)33(35-21-32(39-3)40-4)34(36)27-16-18-29(38-2)31(20-27)42-23-25-13-9-6-10-14-25/h5-20,32-36H,21-23H2,1-4H3/t33-,34+/m1/s1. The van der Waals surface area contributed by atoms with Crippen LogP contribution in [0.1, 0.15) is 34.4 Å². The Kier molecular flexibility index (Phi) is 11.6. The summed E-state index contributed by atoms with van der Waals surface area (Å²) in [6, 6.07) is 30.3. The Labute approximate surface area is 247 Å². The third-order valence-corrected chi connectivity index (χ3v) is 6.90. The Morgan fingerprint density at radius 1 is 0.595 bits per heavy atom. The van der Waals surface area contributed by atoms with Gasteiger partial charge in [-0.15, -0.1) is 0 Å². The van der Waals surface area contributed by atoms with Crippen molar-refractivity contribution in [3.63, 3.8) is 0 Å². The first kappa shape index (κ1) is 30.9. The molecule has 222 valence electrons. The summed E-state index contributed by atoms with van der Waals surface area (Å²) in [5, 5.41) is 15.2. The van der Waals surface area contributed by atoms with Gasteiger partial charge in [-0.25, -0.2) is 0 Å². The van der Waals surface area contributed by atoms with Crippen LogP contribution in [0.3, 0.4) is 0 Å². The lowest BCUT2D eigenvalue weighted by Crippen LogP contribution is -2.35. The number of ether oxygens (including phenoxy) is 6. The van der Waals surface area contributed by atoms with Gasteiger partial charge in [0.25, 0.3) is 0 Å². The summed E-state index contributed by atoms with van der Waals surface area (Å²) in [7, 11) is 6.34. The smallest absolute Gasteiger partial charge is 0.169 e. The number of hydrogen-bond donors (Lipinski definition) is 2. The molecule has 0 amide bonds. The van der Waals surface area contributed by atoms with Crippen LogP contribution < -0.4 is 24.3 Å². The largest absolute Gasteiger partial charge is 0.493 e. The molecule has 42 heavy (non-hydrogen) atoms. The Hall–Kier alpha value is -4.08. The lowest BCUT2D eigenvalue weighted by molar-refractivity contribution is -0.101. The molecule has 0 saturated heterocycles.